The Kier molecular flexibility index (Phi) is 4.01. The topological polar surface area (TPSA) is 38.5 Å². The van der Waals surface area contributed by atoms with Crippen LogP contribution in [0.25, 0.3) is 0 Å². The zero-order chi connectivity index (χ0) is 13.2. The minimum atomic E-state index is 0.428. The van der Waals surface area contributed by atoms with Gasteiger partial charge in [0.15, 0.2) is 0 Å². The van der Waals surface area contributed by atoms with Gasteiger partial charge in [0, 0.05) is 29.2 Å². The summed E-state index contributed by atoms with van der Waals surface area (Å²) in [6, 6.07) is 7.10. The van der Waals surface area contributed by atoms with Gasteiger partial charge < -0.3 is 15.4 Å². The first-order valence-electron chi connectivity index (χ1n) is 7.09. The first kappa shape index (κ1) is 13.3. The van der Waals surface area contributed by atoms with Gasteiger partial charge >= 0.3 is 0 Å². The number of benzene rings is 1. The van der Waals surface area contributed by atoms with Crippen molar-refractivity contribution in [3.63, 3.8) is 0 Å². The molecule has 3 rings (SSSR count). The van der Waals surface area contributed by atoms with Crippen LogP contribution in [0.3, 0.4) is 0 Å². The number of anilines is 1. The molecule has 1 saturated carbocycles. The smallest absolute Gasteiger partial charge is 0.0779 e. The molecule has 1 aromatic carbocycles. The Bertz CT molecular complexity index is 452. The highest BCUT2D eigenvalue weighted by atomic mass is 32.2. The number of hydrogen-bond acceptors (Lipinski definition) is 4. The van der Waals surface area contributed by atoms with Crippen LogP contribution in [0.2, 0.25) is 0 Å². The Balaban J connectivity index is 1.96. The lowest BCUT2D eigenvalue weighted by atomic mass is 10.1. The van der Waals surface area contributed by atoms with E-state index in [0.717, 1.165) is 13.2 Å². The molecule has 0 amide bonds. The summed E-state index contributed by atoms with van der Waals surface area (Å²) in [6.07, 6.45) is 6.29. The van der Waals surface area contributed by atoms with E-state index in [9.17, 15) is 0 Å². The molecule has 2 aliphatic rings. The molecular weight excluding hydrogens is 256 g/mol. The molecule has 0 spiro atoms. The van der Waals surface area contributed by atoms with Crippen LogP contribution in [0, 0.1) is 0 Å². The predicted molar refractivity (Wildman–Crippen MR) is 80.8 cm³/mol. The Hall–Kier alpha value is -0.710. The zero-order valence-corrected chi connectivity index (χ0v) is 12.3. The number of hydrogen-bond donors (Lipinski definition) is 1. The van der Waals surface area contributed by atoms with Gasteiger partial charge in [0.25, 0.3) is 0 Å². The summed E-state index contributed by atoms with van der Waals surface area (Å²) < 4.78 is 5.91. The Morgan fingerprint density at radius 3 is 3.11 bits per heavy atom. The number of rotatable bonds is 3. The van der Waals surface area contributed by atoms with Crippen LogP contribution < -0.4 is 10.6 Å². The second kappa shape index (κ2) is 5.73. The molecule has 104 valence electrons. The molecule has 1 heterocycles. The van der Waals surface area contributed by atoms with Gasteiger partial charge in [-0.05, 0) is 37.7 Å². The largest absolute Gasteiger partial charge is 0.374 e. The van der Waals surface area contributed by atoms with Gasteiger partial charge in [-0.2, -0.15) is 0 Å². The summed E-state index contributed by atoms with van der Waals surface area (Å²) >= 11 is 1.79. The second-order valence-electron chi connectivity index (χ2n) is 5.26. The number of thioether (sulfide) groups is 1. The number of nitrogens with two attached hydrogens (primary N) is 1. The third-order valence-electron chi connectivity index (χ3n) is 4.32. The van der Waals surface area contributed by atoms with Gasteiger partial charge in [-0.15, -0.1) is 11.8 Å². The van der Waals surface area contributed by atoms with Crippen molar-refractivity contribution < 1.29 is 4.74 Å². The first-order chi connectivity index (χ1) is 9.35. The Morgan fingerprint density at radius 1 is 1.42 bits per heavy atom. The van der Waals surface area contributed by atoms with E-state index in [0.29, 0.717) is 18.7 Å². The van der Waals surface area contributed by atoms with Crippen molar-refractivity contribution in [3.8, 4) is 0 Å². The van der Waals surface area contributed by atoms with E-state index in [2.05, 4.69) is 29.4 Å². The van der Waals surface area contributed by atoms with Gasteiger partial charge in [0.2, 0.25) is 0 Å². The summed E-state index contributed by atoms with van der Waals surface area (Å²) in [7, 11) is 0. The molecule has 2 atom stereocenters. The molecule has 1 saturated heterocycles. The molecule has 0 bridgehead atoms. The van der Waals surface area contributed by atoms with Gasteiger partial charge in [0.05, 0.1) is 18.8 Å². The average molecular weight is 278 g/mol. The van der Waals surface area contributed by atoms with E-state index in [1.807, 2.05) is 0 Å². The minimum Gasteiger partial charge on any atom is -0.374 e. The van der Waals surface area contributed by atoms with Gasteiger partial charge in [0.1, 0.15) is 0 Å². The summed E-state index contributed by atoms with van der Waals surface area (Å²) in [4.78, 5) is 3.85. The molecule has 1 aliphatic carbocycles. The molecular formula is C15H22N2OS. The van der Waals surface area contributed by atoms with Crippen LogP contribution in [0.5, 0.6) is 0 Å². The van der Waals surface area contributed by atoms with Crippen molar-refractivity contribution in [3.05, 3.63) is 23.8 Å². The van der Waals surface area contributed by atoms with Crippen molar-refractivity contribution in [1.82, 2.24) is 0 Å². The third-order valence-corrected chi connectivity index (χ3v) is 5.15. The molecule has 1 aromatic rings. The summed E-state index contributed by atoms with van der Waals surface area (Å²) in [5, 5.41) is 0. The number of fused-ring (bicyclic) bond motifs is 1. The van der Waals surface area contributed by atoms with E-state index in [1.54, 1.807) is 11.8 Å². The first-order valence-corrected chi connectivity index (χ1v) is 8.32. The number of ether oxygens (including phenoxy) is 1. The highest BCUT2D eigenvalue weighted by molar-refractivity contribution is 7.98. The SMILES string of the molecule is CSc1cccc(N2CCOC3CCCC32)c1CN. The lowest BCUT2D eigenvalue weighted by Gasteiger charge is -2.40. The molecule has 4 heteroatoms. The van der Waals surface area contributed by atoms with Gasteiger partial charge in [-0.3, -0.25) is 0 Å². The van der Waals surface area contributed by atoms with Crippen LogP contribution >= 0.6 is 11.8 Å². The van der Waals surface area contributed by atoms with Gasteiger partial charge in [-0.25, -0.2) is 0 Å². The van der Waals surface area contributed by atoms with Crippen molar-refractivity contribution in [2.45, 2.75) is 42.8 Å². The maximum absolute atomic E-state index is 6.00. The molecule has 2 unspecified atom stereocenters. The molecule has 2 fully saturated rings. The van der Waals surface area contributed by atoms with E-state index < -0.39 is 0 Å². The fraction of sp³-hybridized carbons (Fsp3) is 0.600. The highest BCUT2D eigenvalue weighted by Gasteiger charge is 2.36. The summed E-state index contributed by atoms with van der Waals surface area (Å²) in [5.74, 6) is 0. The van der Waals surface area contributed by atoms with E-state index >= 15 is 0 Å². The van der Waals surface area contributed by atoms with Crippen molar-refractivity contribution >= 4 is 17.4 Å². The Labute approximate surface area is 119 Å². The van der Waals surface area contributed by atoms with E-state index in [-0.39, 0.29) is 0 Å². The van der Waals surface area contributed by atoms with Crippen molar-refractivity contribution in [1.29, 1.82) is 0 Å². The monoisotopic (exact) mass is 278 g/mol. The standard InChI is InChI=1S/C15H22N2OS/c1-19-15-7-3-4-12(11(15)10-16)17-8-9-18-14-6-2-5-13(14)17/h3-4,7,13-14H,2,5-6,8-10,16H2,1H3. The third kappa shape index (κ3) is 2.37. The van der Waals surface area contributed by atoms with Crippen LogP contribution in [0.4, 0.5) is 5.69 Å². The van der Waals surface area contributed by atoms with Gasteiger partial charge in [-0.1, -0.05) is 6.07 Å². The summed E-state index contributed by atoms with van der Waals surface area (Å²) in [5.41, 5.74) is 8.62. The quantitative estimate of drug-likeness (QED) is 0.863. The molecule has 0 aromatic heterocycles. The van der Waals surface area contributed by atoms with Crippen molar-refractivity contribution in [2.24, 2.45) is 5.73 Å². The molecule has 0 radical (unpaired) electrons. The molecule has 3 nitrogen and oxygen atoms in total. The normalized spacial score (nSPS) is 26.5. The Morgan fingerprint density at radius 2 is 2.32 bits per heavy atom. The predicted octanol–water partition coefficient (Wildman–Crippen LogP) is 2.62. The zero-order valence-electron chi connectivity index (χ0n) is 11.5. The number of nitrogens with zero attached hydrogens (tertiary/aromatic N) is 1. The maximum atomic E-state index is 6.00. The summed E-state index contributed by atoms with van der Waals surface area (Å²) in [6.45, 7) is 2.45. The molecule has 2 N–H and O–H groups in total. The molecule has 1 aliphatic heterocycles. The van der Waals surface area contributed by atoms with Crippen molar-refractivity contribution in [2.75, 3.05) is 24.3 Å². The second-order valence-corrected chi connectivity index (χ2v) is 6.11. The maximum Gasteiger partial charge on any atom is 0.0779 e. The fourth-order valence-corrected chi connectivity index (χ4v) is 4.09. The lowest BCUT2D eigenvalue weighted by molar-refractivity contribution is 0.0255. The van der Waals surface area contributed by atoms with E-state index in [4.69, 9.17) is 10.5 Å². The number of morpholine rings is 1. The van der Waals surface area contributed by atoms with E-state index in [1.165, 1.54) is 35.4 Å². The van der Waals surface area contributed by atoms with Crippen LogP contribution in [-0.4, -0.2) is 31.6 Å². The fourth-order valence-electron chi connectivity index (χ4n) is 3.44. The minimum absolute atomic E-state index is 0.428. The average Bonchev–Trinajstić information content (AvgIpc) is 2.94. The van der Waals surface area contributed by atoms with Crippen LogP contribution in [0.1, 0.15) is 24.8 Å². The highest BCUT2D eigenvalue weighted by Crippen LogP contribution is 2.37. The lowest BCUT2D eigenvalue weighted by Crippen LogP contribution is -2.49. The van der Waals surface area contributed by atoms with Crippen LogP contribution in [-0.2, 0) is 11.3 Å². The molecule has 19 heavy (non-hydrogen) atoms. The van der Waals surface area contributed by atoms with Crippen LogP contribution in [0.15, 0.2) is 23.1 Å².